The zero-order valence-electron chi connectivity index (χ0n) is 14.3. The lowest BCUT2D eigenvalue weighted by Crippen LogP contribution is -2.26. The van der Waals surface area contributed by atoms with E-state index in [0.717, 1.165) is 11.1 Å². The molecule has 0 aliphatic heterocycles. The number of hydrogen-bond acceptors (Lipinski definition) is 3. The van der Waals surface area contributed by atoms with Crippen molar-refractivity contribution in [3.05, 3.63) is 57.6 Å². The molecule has 0 radical (unpaired) electrons. The molecular formula is C19H21Cl2NO3. The van der Waals surface area contributed by atoms with Gasteiger partial charge in [-0.25, -0.2) is 0 Å². The van der Waals surface area contributed by atoms with Gasteiger partial charge in [-0.15, -0.1) is 0 Å². The molecule has 1 N–H and O–H groups in total. The first-order valence-corrected chi connectivity index (χ1v) is 8.71. The van der Waals surface area contributed by atoms with Gasteiger partial charge < -0.3 is 14.8 Å². The van der Waals surface area contributed by atoms with Crippen LogP contribution in [0.4, 0.5) is 0 Å². The van der Waals surface area contributed by atoms with E-state index in [1.165, 1.54) is 0 Å². The Kier molecular flexibility index (Phi) is 7.41. The summed E-state index contributed by atoms with van der Waals surface area (Å²) < 4.78 is 10.6. The molecule has 0 bridgehead atoms. The van der Waals surface area contributed by atoms with Gasteiger partial charge in [-0.05, 0) is 42.2 Å². The van der Waals surface area contributed by atoms with Crippen LogP contribution in [0, 0.1) is 0 Å². The topological polar surface area (TPSA) is 47.6 Å². The quantitative estimate of drug-likeness (QED) is 0.741. The molecule has 0 unspecified atom stereocenters. The number of carbonyl (C=O) groups excluding carboxylic acids is 1. The summed E-state index contributed by atoms with van der Waals surface area (Å²) in [5, 5.41) is 4.12. The summed E-state index contributed by atoms with van der Waals surface area (Å²) in [6, 6.07) is 11.0. The second-order valence-corrected chi connectivity index (χ2v) is 6.33. The second kappa shape index (κ2) is 9.54. The molecule has 0 aromatic heterocycles. The van der Waals surface area contributed by atoms with Gasteiger partial charge in [0, 0.05) is 23.0 Å². The van der Waals surface area contributed by atoms with Crippen molar-refractivity contribution in [1.82, 2.24) is 5.32 Å². The molecule has 6 heteroatoms. The molecule has 25 heavy (non-hydrogen) atoms. The highest BCUT2D eigenvalue weighted by molar-refractivity contribution is 6.35. The average Bonchev–Trinajstić information content (AvgIpc) is 2.61. The van der Waals surface area contributed by atoms with Crippen molar-refractivity contribution >= 4 is 29.1 Å². The molecule has 0 fully saturated rings. The number of ether oxygens (including phenoxy) is 2. The zero-order valence-corrected chi connectivity index (χ0v) is 15.8. The van der Waals surface area contributed by atoms with E-state index in [0.29, 0.717) is 47.4 Å². The Morgan fingerprint density at radius 2 is 1.84 bits per heavy atom. The maximum atomic E-state index is 12.1. The summed E-state index contributed by atoms with van der Waals surface area (Å²) in [7, 11) is 3.19. The van der Waals surface area contributed by atoms with Crippen molar-refractivity contribution in [2.75, 3.05) is 20.8 Å². The van der Waals surface area contributed by atoms with E-state index in [9.17, 15) is 4.79 Å². The molecule has 2 aromatic rings. The first kappa shape index (κ1) is 19.4. The number of rotatable bonds is 8. The fourth-order valence-corrected chi connectivity index (χ4v) is 3.05. The lowest BCUT2D eigenvalue weighted by molar-refractivity contribution is -0.121. The fraction of sp³-hybridized carbons (Fsp3) is 0.316. The van der Waals surface area contributed by atoms with Crippen molar-refractivity contribution in [3.63, 3.8) is 0 Å². The van der Waals surface area contributed by atoms with Crippen molar-refractivity contribution in [1.29, 1.82) is 0 Å². The maximum absolute atomic E-state index is 12.1. The van der Waals surface area contributed by atoms with Gasteiger partial charge in [0.05, 0.1) is 14.2 Å². The van der Waals surface area contributed by atoms with Gasteiger partial charge in [-0.3, -0.25) is 4.79 Å². The second-order valence-electron chi connectivity index (χ2n) is 5.49. The average molecular weight is 382 g/mol. The van der Waals surface area contributed by atoms with Crippen LogP contribution in [-0.2, 0) is 17.6 Å². The number of amides is 1. The minimum Gasteiger partial charge on any atom is -0.493 e. The van der Waals surface area contributed by atoms with Gasteiger partial charge in [0.2, 0.25) is 5.91 Å². The predicted molar refractivity (Wildman–Crippen MR) is 101 cm³/mol. The van der Waals surface area contributed by atoms with Gasteiger partial charge in [0.25, 0.3) is 0 Å². The smallest absolute Gasteiger partial charge is 0.220 e. The van der Waals surface area contributed by atoms with Crippen molar-refractivity contribution in [2.24, 2.45) is 0 Å². The summed E-state index contributed by atoms with van der Waals surface area (Å²) in [5.74, 6) is 1.32. The van der Waals surface area contributed by atoms with Crippen molar-refractivity contribution < 1.29 is 14.3 Å². The number of nitrogens with one attached hydrogen (secondary N) is 1. The molecule has 1 amide bonds. The van der Waals surface area contributed by atoms with E-state index in [-0.39, 0.29) is 5.91 Å². The first-order chi connectivity index (χ1) is 12.0. The summed E-state index contributed by atoms with van der Waals surface area (Å²) in [6.45, 7) is 0.523. The molecule has 0 atom stereocenters. The van der Waals surface area contributed by atoms with Gasteiger partial charge in [0.15, 0.2) is 11.5 Å². The molecule has 0 heterocycles. The molecule has 2 aromatic carbocycles. The Morgan fingerprint density at radius 1 is 1.04 bits per heavy atom. The van der Waals surface area contributed by atoms with Crippen molar-refractivity contribution in [2.45, 2.75) is 19.3 Å². The van der Waals surface area contributed by atoms with Crippen LogP contribution in [-0.4, -0.2) is 26.7 Å². The minimum atomic E-state index is -0.0186. The van der Waals surface area contributed by atoms with Gasteiger partial charge >= 0.3 is 0 Å². The van der Waals surface area contributed by atoms with E-state index in [1.807, 2.05) is 24.3 Å². The summed E-state index contributed by atoms with van der Waals surface area (Å²) in [6.07, 6.45) is 1.61. The predicted octanol–water partition coefficient (Wildman–Crippen LogP) is 4.30. The van der Waals surface area contributed by atoms with E-state index in [2.05, 4.69) is 5.32 Å². The molecular weight excluding hydrogens is 361 g/mol. The van der Waals surface area contributed by atoms with E-state index >= 15 is 0 Å². The summed E-state index contributed by atoms with van der Waals surface area (Å²) in [4.78, 5) is 12.1. The summed E-state index contributed by atoms with van der Waals surface area (Å²) in [5.41, 5.74) is 1.90. The number of benzene rings is 2. The Bertz CT molecular complexity index is 735. The fourth-order valence-electron chi connectivity index (χ4n) is 2.55. The molecule has 134 valence electrons. The van der Waals surface area contributed by atoms with Gasteiger partial charge in [0.1, 0.15) is 0 Å². The third kappa shape index (κ3) is 5.55. The Labute approximate surface area is 158 Å². The lowest BCUT2D eigenvalue weighted by Gasteiger charge is -2.12. The SMILES string of the molecule is COc1cccc(CCC(=O)NCCc2ccc(Cl)cc2Cl)c1OC. The van der Waals surface area contributed by atoms with Crippen LogP contribution >= 0.6 is 23.2 Å². The first-order valence-electron chi connectivity index (χ1n) is 7.95. The van der Waals surface area contributed by atoms with Crippen LogP contribution in [0.25, 0.3) is 0 Å². The lowest BCUT2D eigenvalue weighted by atomic mass is 10.1. The van der Waals surface area contributed by atoms with E-state index in [4.69, 9.17) is 32.7 Å². The summed E-state index contributed by atoms with van der Waals surface area (Å²) >= 11 is 12.0. The molecule has 0 aliphatic rings. The number of methoxy groups -OCH3 is 2. The molecule has 4 nitrogen and oxygen atoms in total. The van der Waals surface area contributed by atoms with Crippen LogP contribution in [0.3, 0.4) is 0 Å². The highest BCUT2D eigenvalue weighted by atomic mass is 35.5. The third-order valence-corrected chi connectivity index (χ3v) is 4.42. The molecule has 0 saturated carbocycles. The van der Waals surface area contributed by atoms with E-state index in [1.54, 1.807) is 26.4 Å². The molecule has 0 spiro atoms. The Balaban J connectivity index is 1.83. The number of aryl methyl sites for hydroxylation is 1. The zero-order chi connectivity index (χ0) is 18.2. The molecule has 0 aliphatic carbocycles. The number of halogens is 2. The Hall–Kier alpha value is -1.91. The highest BCUT2D eigenvalue weighted by Gasteiger charge is 2.11. The minimum absolute atomic E-state index is 0.0186. The third-order valence-electron chi connectivity index (χ3n) is 3.84. The van der Waals surface area contributed by atoms with Crippen LogP contribution in [0.15, 0.2) is 36.4 Å². The number of para-hydroxylation sites is 1. The largest absolute Gasteiger partial charge is 0.493 e. The van der Waals surface area contributed by atoms with Crippen LogP contribution < -0.4 is 14.8 Å². The van der Waals surface area contributed by atoms with Crippen molar-refractivity contribution in [3.8, 4) is 11.5 Å². The maximum Gasteiger partial charge on any atom is 0.220 e. The standard InChI is InChI=1S/C19H21Cl2NO3/c1-24-17-5-3-4-14(19(17)25-2)7-9-18(23)22-11-10-13-6-8-15(20)12-16(13)21/h3-6,8,12H,7,9-11H2,1-2H3,(H,22,23). The number of carbonyl (C=O) groups is 1. The van der Waals surface area contributed by atoms with Gasteiger partial charge in [-0.2, -0.15) is 0 Å². The molecule has 0 saturated heterocycles. The van der Waals surface area contributed by atoms with Crippen LogP contribution in [0.2, 0.25) is 10.0 Å². The van der Waals surface area contributed by atoms with Crippen LogP contribution in [0.1, 0.15) is 17.5 Å². The van der Waals surface area contributed by atoms with Gasteiger partial charge in [-0.1, -0.05) is 41.4 Å². The number of hydrogen-bond donors (Lipinski definition) is 1. The monoisotopic (exact) mass is 381 g/mol. The van der Waals surface area contributed by atoms with E-state index < -0.39 is 0 Å². The Morgan fingerprint density at radius 3 is 2.52 bits per heavy atom. The van der Waals surface area contributed by atoms with Crippen LogP contribution in [0.5, 0.6) is 11.5 Å². The highest BCUT2D eigenvalue weighted by Crippen LogP contribution is 2.31. The molecule has 2 rings (SSSR count). The normalized spacial score (nSPS) is 10.4.